The van der Waals surface area contributed by atoms with Gasteiger partial charge in [-0.1, -0.05) is 23.7 Å². The molecule has 28 heavy (non-hydrogen) atoms. The van der Waals surface area contributed by atoms with Crippen LogP contribution in [0.3, 0.4) is 0 Å². The Kier molecular flexibility index (Phi) is 4.81. The van der Waals surface area contributed by atoms with Crippen LogP contribution in [0, 0.1) is 6.92 Å². The zero-order valence-corrected chi connectivity index (χ0v) is 16.2. The van der Waals surface area contributed by atoms with E-state index in [4.69, 9.17) is 11.6 Å². The molecule has 0 radical (unpaired) electrons. The Morgan fingerprint density at radius 1 is 1.21 bits per heavy atom. The second kappa shape index (κ2) is 7.41. The standard InChI is InChI=1S/C19H14ClN5O2S/c1-11-8-17(26)23-19(21-11)25-16(10-14(24-25)15-6-3-7-28-15)22-18(27)12-4-2-5-13(20)9-12/h2-10H,1H3,(H,22,27)(H,21,23,26). The number of carbonyl (C=O) groups is 1. The summed E-state index contributed by atoms with van der Waals surface area (Å²) in [7, 11) is 0. The lowest BCUT2D eigenvalue weighted by Crippen LogP contribution is -2.18. The second-order valence-electron chi connectivity index (χ2n) is 5.98. The Bertz CT molecular complexity index is 1210. The van der Waals surface area contributed by atoms with Crippen LogP contribution in [0.4, 0.5) is 5.82 Å². The lowest BCUT2D eigenvalue weighted by atomic mass is 10.2. The van der Waals surface area contributed by atoms with Crippen molar-refractivity contribution in [3.05, 3.63) is 80.5 Å². The maximum atomic E-state index is 12.7. The predicted molar refractivity (Wildman–Crippen MR) is 109 cm³/mol. The van der Waals surface area contributed by atoms with E-state index in [0.29, 0.717) is 27.8 Å². The molecule has 1 aromatic carbocycles. The number of aromatic amines is 1. The van der Waals surface area contributed by atoms with Gasteiger partial charge in [-0.25, -0.2) is 4.98 Å². The highest BCUT2D eigenvalue weighted by Crippen LogP contribution is 2.27. The quantitative estimate of drug-likeness (QED) is 0.532. The molecule has 0 fully saturated rings. The highest BCUT2D eigenvalue weighted by Gasteiger charge is 2.17. The van der Waals surface area contributed by atoms with E-state index < -0.39 is 0 Å². The van der Waals surface area contributed by atoms with Crippen LogP contribution in [0.1, 0.15) is 16.1 Å². The minimum Gasteiger partial charge on any atom is -0.306 e. The predicted octanol–water partition coefficient (Wildman–Crippen LogP) is 3.90. The summed E-state index contributed by atoms with van der Waals surface area (Å²) in [4.78, 5) is 32.5. The minimum atomic E-state index is -0.351. The number of halogens is 1. The van der Waals surface area contributed by atoms with Crippen molar-refractivity contribution in [2.24, 2.45) is 0 Å². The van der Waals surface area contributed by atoms with Crippen molar-refractivity contribution in [3.8, 4) is 16.5 Å². The normalized spacial score (nSPS) is 10.8. The van der Waals surface area contributed by atoms with Crippen LogP contribution >= 0.6 is 22.9 Å². The Balaban J connectivity index is 1.78. The molecule has 9 heteroatoms. The lowest BCUT2D eigenvalue weighted by molar-refractivity contribution is 0.102. The lowest BCUT2D eigenvalue weighted by Gasteiger charge is -2.08. The molecule has 140 valence electrons. The first kappa shape index (κ1) is 18.1. The van der Waals surface area contributed by atoms with Crippen LogP contribution in [-0.4, -0.2) is 25.7 Å². The van der Waals surface area contributed by atoms with Crippen LogP contribution < -0.4 is 10.9 Å². The molecule has 0 aliphatic heterocycles. The van der Waals surface area contributed by atoms with E-state index in [-0.39, 0.29) is 17.4 Å². The summed E-state index contributed by atoms with van der Waals surface area (Å²) in [6.45, 7) is 1.71. The Hall–Kier alpha value is -3.23. The number of hydrogen-bond acceptors (Lipinski definition) is 5. The van der Waals surface area contributed by atoms with Gasteiger partial charge in [-0.2, -0.15) is 9.78 Å². The van der Waals surface area contributed by atoms with E-state index in [1.165, 1.54) is 22.1 Å². The molecule has 4 aromatic rings. The molecule has 0 bridgehead atoms. The average molecular weight is 412 g/mol. The van der Waals surface area contributed by atoms with Gasteiger partial charge >= 0.3 is 0 Å². The van der Waals surface area contributed by atoms with Crippen LogP contribution in [0.15, 0.2) is 58.7 Å². The first-order chi connectivity index (χ1) is 13.5. The van der Waals surface area contributed by atoms with Crippen molar-refractivity contribution in [1.82, 2.24) is 19.7 Å². The zero-order valence-electron chi connectivity index (χ0n) is 14.6. The molecule has 0 atom stereocenters. The Morgan fingerprint density at radius 2 is 2.07 bits per heavy atom. The number of aryl methyl sites for hydroxylation is 1. The number of thiophene rings is 1. The second-order valence-corrected chi connectivity index (χ2v) is 7.36. The summed E-state index contributed by atoms with van der Waals surface area (Å²) < 4.78 is 1.41. The van der Waals surface area contributed by atoms with Gasteiger partial charge in [0.05, 0.1) is 4.88 Å². The molecular formula is C19H14ClN5O2S. The van der Waals surface area contributed by atoms with Crippen LogP contribution in [0.5, 0.6) is 0 Å². The van der Waals surface area contributed by atoms with Crippen molar-refractivity contribution >= 4 is 34.7 Å². The number of rotatable bonds is 4. The van der Waals surface area contributed by atoms with Crippen LogP contribution in [-0.2, 0) is 0 Å². The van der Waals surface area contributed by atoms with Gasteiger partial charge < -0.3 is 5.32 Å². The van der Waals surface area contributed by atoms with E-state index >= 15 is 0 Å². The third-order valence-corrected chi connectivity index (χ3v) is 5.00. The van der Waals surface area contributed by atoms with Gasteiger partial charge in [0.15, 0.2) is 0 Å². The molecule has 3 aromatic heterocycles. The number of nitrogens with one attached hydrogen (secondary N) is 2. The van der Waals surface area contributed by atoms with E-state index in [9.17, 15) is 9.59 Å². The number of aromatic nitrogens is 4. The van der Waals surface area contributed by atoms with Gasteiger partial charge in [0.25, 0.3) is 11.5 Å². The monoisotopic (exact) mass is 411 g/mol. The molecule has 1 amide bonds. The maximum Gasteiger partial charge on any atom is 0.256 e. The van der Waals surface area contributed by atoms with E-state index in [0.717, 1.165) is 4.88 Å². The summed E-state index contributed by atoms with van der Waals surface area (Å²) in [5.41, 5.74) is 1.30. The van der Waals surface area contributed by atoms with E-state index in [1.54, 1.807) is 37.3 Å². The minimum absolute atomic E-state index is 0.217. The number of amides is 1. The molecule has 2 N–H and O–H groups in total. The topological polar surface area (TPSA) is 92.7 Å². The molecule has 7 nitrogen and oxygen atoms in total. The maximum absolute atomic E-state index is 12.7. The summed E-state index contributed by atoms with van der Waals surface area (Å²) in [6, 6.07) is 13.6. The number of anilines is 1. The Labute approximate surface area is 168 Å². The molecule has 0 spiro atoms. The Morgan fingerprint density at radius 3 is 2.79 bits per heavy atom. The number of carbonyl (C=O) groups excluding carboxylic acids is 1. The number of H-pyrrole nitrogens is 1. The van der Waals surface area contributed by atoms with Gasteiger partial charge in [-0.3, -0.25) is 14.6 Å². The molecular weight excluding hydrogens is 398 g/mol. The van der Waals surface area contributed by atoms with Crippen molar-refractivity contribution in [1.29, 1.82) is 0 Å². The number of nitrogens with zero attached hydrogens (tertiary/aromatic N) is 3. The highest BCUT2D eigenvalue weighted by molar-refractivity contribution is 7.13. The summed E-state index contributed by atoms with van der Waals surface area (Å²) in [5.74, 6) is 0.243. The van der Waals surface area contributed by atoms with Crippen molar-refractivity contribution < 1.29 is 4.79 Å². The van der Waals surface area contributed by atoms with Crippen LogP contribution in [0.25, 0.3) is 16.5 Å². The third-order valence-electron chi connectivity index (χ3n) is 3.87. The summed E-state index contributed by atoms with van der Waals surface area (Å²) >= 11 is 7.50. The first-order valence-electron chi connectivity index (χ1n) is 8.29. The molecule has 0 aliphatic carbocycles. The molecule has 0 saturated heterocycles. The summed E-state index contributed by atoms with van der Waals surface area (Å²) in [6.07, 6.45) is 0. The fraction of sp³-hybridized carbons (Fsp3) is 0.0526. The molecule has 0 aliphatic rings. The smallest absolute Gasteiger partial charge is 0.256 e. The number of benzene rings is 1. The van der Waals surface area contributed by atoms with Gasteiger partial charge in [0, 0.05) is 28.4 Å². The number of hydrogen-bond donors (Lipinski definition) is 2. The molecule has 4 rings (SSSR count). The van der Waals surface area contributed by atoms with E-state index in [2.05, 4.69) is 20.4 Å². The van der Waals surface area contributed by atoms with Crippen molar-refractivity contribution in [2.75, 3.05) is 5.32 Å². The van der Waals surface area contributed by atoms with Crippen molar-refractivity contribution in [2.45, 2.75) is 6.92 Å². The summed E-state index contributed by atoms with van der Waals surface area (Å²) in [5, 5.41) is 9.74. The van der Waals surface area contributed by atoms with E-state index in [1.807, 2.05) is 17.5 Å². The highest BCUT2D eigenvalue weighted by atomic mass is 35.5. The zero-order chi connectivity index (χ0) is 19.7. The fourth-order valence-electron chi connectivity index (χ4n) is 2.66. The molecule has 3 heterocycles. The van der Waals surface area contributed by atoms with Crippen LogP contribution in [0.2, 0.25) is 5.02 Å². The van der Waals surface area contributed by atoms with Gasteiger partial charge in [-0.05, 0) is 36.6 Å². The average Bonchev–Trinajstić information content (AvgIpc) is 3.30. The molecule has 0 unspecified atom stereocenters. The van der Waals surface area contributed by atoms with Crippen molar-refractivity contribution in [3.63, 3.8) is 0 Å². The molecule has 0 saturated carbocycles. The van der Waals surface area contributed by atoms with Gasteiger partial charge in [-0.15, -0.1) is 11.3 Å². The largest absolute Gasteiger partial charge is 0.306 e. The SMILES string of the molecule is Cc1cc(=O)[nH]c(-n2nc(-c3cccs3)cc2NC(=O)c2cccc(Cl)c2)n1. The van der Waals surface area contributed by atoms with Gasteiger partial charge in [0.1, 0.15) is 11.5 Å². The fourth-order valence-corrected chi connectivity index (χ4v) is 3.53. The van der Waals surface area contributed by atoms with Gasteiger partial charge in [0.2, 0.25) is 5.95 Å². The third kappa shape index (κ3) is 3.73. The first-order valence-corrected chi connectivity index (χ1v) is 9.54.